The molecule has 0 saturated heterocycles. The van der Waals surface area contributed by atoms with Crippen molar-refractivity contribution in [2.45, 2.75) is 26.4 Å². The van der Waals surface area contributed by atoms with Crippen LogP contribution in [0.4, 0.5) is 4.39 Å². The van der Waals surface area contributed by atoms with E-state index in [4.69, 9.17) is 9.47 Å². The second-order valence-corrected chi connectivity index (χ2v) is 4.18. The molecule has 0 saturated carbocycles. The smallest absolute Gasteiger partial charge is 0.347 e. The number of carbonyl (C=O) groups excluding carboxylic acids is 1. The summed E-state index contributed by atoms with van der Waals surface area (Å²) >= 11 is 0. The number of pyridine rings is 1. The Morgan fingerprint density at radius 1 is 1.44 bits per heavy atom. The number of halogens is 1. The average molecular weight is 227 g/mol. The number of rotatable bonds is 2. The molecular weight excluding hydrogens is 213 g/mol. The first kappa shape index (κ1) is 12.4. The fourth-order valence-corrected chi connectivity index (χ4v) is 1.10. The standard InChI is InChI=1S/C11H14FNO3/c1-11(2,3)16-10(14)8-7(15-4)5-6-13-9(8)12/h5-6H,1-4H3. The van der Waals surface area contributed by atoms with Gasteiger partial charge in [-0.1, -0.05) is 0 Å². The minimum atomic E-state index is -0.895. The van der Waals surface area contributed by atoms with Crippen LogP contribution in [0.25, 0.3) is 0 Å². The lowest BCUT2D eigenvalue weighted by Crippen LogP contribution is -2.25. The van der Waals surface area contributed by atoms with Gasteiger partial charge in [0.15, 0.2) is 5.56 Å². The highest BCUT2D eigenvalue weighted by Crippen LogP contribution is 2.22. The Morgan fingerprint density at radius 3 is 2.56 bits per heavy atom. The summed E-state index contributed by atoms with van der Waals surface area (Å²) in [5, 5.41) is 0. The van der Waals surface area contributed by atoms with Gasteiger partial charge in [0.1, 0.15) is 11.4 Å². The van der Waals surface area contributed by atoms with Crippen molar-refractivity contribution in [1.82, 2.24) is 4.98 Å². The maximum atomic E-state index is 13.4. The van der Waals surface area contributed by atoms with Crippen LogP contribution in [-0.4, -0.2) is 23.7 Å². The molecule has 88 valence electrons. The maximum absolute atomic E-state index is 13.4. The van der Waals surface area contributed by atoms with E-state index in [1.54, 1.807) is 20.8 Å². The summed E-state index contributed by atoms with van der Waals surface area (Å²) in [6.45, 7) is 5.10. The highest BCUT2D eigenvalue weighted by molar-refractivity contribution is 5.92. The number of esters is 1. The highest BCUT2D eigenvalue weighted by atomic mass is 19.1. The molecule has 0 N–H and O–H groups in total. The molecule has 1 rings (SSSR count). The number of hydrogen-bond donors (Lipinski definition) is 0. The Labute approximate surface area is 93.4 Å². The molecule has 0 fully saturated rings. The fraction of sp³-hybridized carbons (Fsp3) is 0.455. The predicted molar refractivity (Wildman–Crippen MR) is 55.9 cm³/mol. The molecule has 0 aromatic carbocycles. The SMILES string of the molecule is COc1ccnc(F)c1C(=O)OC(C)(C)C. The van der Waals surface area contributed by atoms with Crippen LogP contribution in [0.5, 0.6) is 5.75 Å². The monoisotopic (exact) mass is 227 g/mol. The molecule has 0 bridgehead atoms. The first-order chi connectivity index (χ1) is 7.35. The van der Waals surface area contributed by atoms with Gasteiger partial charge in [-0.05, 0) is 26.8 Å². The average Bonchev–Trinajstić information content (AvgIpc) is 2.14. The zero-order valence-electron chi connectivity index (χ0n) is 9.70. The molecule has 0 spiro atoms. The zero-order valence-corrected chi connectivity index (χ0v) is 9.70. The maximum Gasteiger partial charge on any atom is 0.347 e. The summed E-state index contributed by atoms with van der Waals surface area (Å²) in [5.41, 5.74) is -0.968. The van der Waals surface area contributed by atoms with Gasteiger partial charge in [0.05, 0.1) is 7.11 Å². The summed E-state index contributed by atoms with van der Waals surface area (Å²) < 4.78 is 23.3. The van der Waals surface area contributed by atoms with Crippen molar-refractivity contribution in [1.29, 1.82) is 0 Å². The van der Waals surface area contributed by atoms with Crippen LogP contribution >= 0.6 is 0 Å². The quantitative estimate of drug-likeness (QED) is 0.574. The number of nitrogens with zero attached hydrogens (tertiary/aromatic N) is 1. The van der Waals surface area contributed by atoms with E-state index in [1.165, 1.54) is 19.4 Å². The Bertz CT molecular complexity index is 399. The van der Waals surface area contributed by atoms with Crippen LogP contribution in [0.1, 0.15) is 31.1 Å². The first-order valence-electron chi connectivity index (χ1n) is 4.77. The molecule has 0 amide bonds. The van der Waals surface area contributed by atoms with Crippen molar-refractivity contribution >= 4 is 5.97 Å². The van der Waals surface area contributed by atoms with Crippen molar-refractivity contribution in [2.75, 3.05) is 7.11 Å². The lowest BCUT2D eigenvalue weighted by molar-refractivity contribution is 0.00604. The number of hydrogen-bond acceptors (Lipinski definition) is 4. The van der Waals surface area contributed by atoms with Crippen molar-refractivity contribution in [3.05, 3.63) is 23.8 Å². The molecule has 16 heavy (non-hydrogen) atoms. The van der Waals surface area contributed by atoms with Gasteiger partial charge in [-0.25, -0.2) is 9.78 Å². The van der Waals surface area contributed by atoms with Gasteiger partial charge in [-0.2, -0.15) is 4.39 Å². The fourth-order valence-electron chi connectivity index (χ4n) is 1.10. The summed E-state index contributed by atoms with van der Waals surface area (Å²) in [6.07, 6.45) is 1.22. The number of carbonyl (C=O) groups is 1. The first-order valence-corrected chi connectivity index (χ1v) is 4.77. The van der Waals surface area contributed by atoms with Crippen LogP contribution in [0, 0.1) is 5.95 Å². The molecule has 0 aliphatic rings. The second kappa shape index (κ2) is 4.47. The van der Waals surface area contributed by atoms with Gasteiger partial charge < -0.3 is 9.47 Å². The van der Waals surface area contributed by atoms with Crippen molar-refractivity contribution in [2.24, 2.45) is 0 Å². The highest BCUT2D eigenvalue weighted by Gasteiger charge is 2.24. The van der Waals surface area contributed by atoms with Crippen LogP contribution in [0.2, 0.25) is 0 Å². The molecule has 0 radical (unpaired) electrons. The topological polar surface area (TPSA) is 48.4 Å². The van der Waals surface area contributed by atoms with E-state index in [-0.39, 0.29) is 11.3 Å². The van der Waals surface area contributed by atoms with Crippen LogP contribution in [-0.2, 0) is 4.74 Å². The van der Waals surface area contributed by atoms with Gasteiger partial charge in [0.25, 0.3) is 0 Å². The lowest BCUT2D eigenvalue weighted by atomic mass is 10.2. The van der Waals surface area contributed by atoms with Gasteiger partial charge in [-0.3, -0.25) is 0 Å². The summed E-state index contributed by atoms with van der Waals surface area (Å²) in [6, 6.07) is 1.41. The van der Waals surface area contributed by atoms with Crippen LogP contribution in [0.15, 0.2) is 12.3 Å². The third-order valence-corrected chi connectivity index (χ3v) is 1.69. The Hall–Kier alpha value is -1.65. The van der Waals surface area contributed by atoms with E-state index in [0.29, 0.717) is 0 Å². The minimum Gasteiger partial charge on any atom is -0.496 e. The Morgan fingerprint density at radius 2 is 2.06 bits per heavy atom. The lowest BCUT2D eigenvalue weighted by Gasteiger charge is -2.20. The van der Waals surface area contributed by atoms with Gasteiger partial charge >= 0.3 is 5.97 Å². The third-order valence-electron chi connectivity index (χ3n) is 1.69. The number of ether oxygens (including phenoxy) is 2. The van der Waals surface area contributed by atoms with Crippen molar-refractivity contribution in [3.8, 4) is 5.75 Å². The number of aromatic nitrogens is 1. The third kappa shape index (κ3) is 2.92. The number of methoxy groups -OCH3 is 1. The van der Waals surface area contributed by atoms with Crippen molar-refractivity contribution < 1.29 is 18.7 Å². The van der Waals surface area contributed by atoms with E-state index in [2.05, 4.69) is 4.98 Å². The zero-order chi connectivity index (χ0) is 12.3. The van der Waals surface area contributed by atoms with E-state index < -0.39 is 17.5 Å². The molecule has 0 atom stereocenters. The largest absolute Gasteiger partial charge is 0.496 e. The molecule has 1 heterocycles. The van der Waals surface area contributed by atoms with E-state index in [1.807, 2.05) is 0 Å². The summed E-state index contributed by atoms with van der Waals surface area (Å²) in [5.74, 6) is -1.56. The molecule has 5 heteroatoms. The molecule has 1 aromatic rings. The van der Waals surface area contributed by atoms with Crippen molar-refractivity contribution in [3.63, 3.8) is 0 Å². The summed E-state index contributed by atoms with van der Waals surface area (Å²) in [7, 11) is 1.35. The van der Waals surface area contributed by atoms with E-state index >= 15 is 0 Å². The molecule has 4 nitrogen and oxygen atoms in total. The molecule has 0 aliphatic heterocycles. The van der Waals surface area contributed by atoms with Gasteiger partial charge in [0, 0.05) is 6.20 Å². The molecule has 0 aliphatic carbocycles. The normalized spacial score (nSPS) is 11.1. The van der Waals surface area contributed by atoms with E-state index in [9.17, 15) is 9.18 Å². The van der Waals surface area contributed by atoms with Gasteiger partial charge in [0.2, 0.25) is 5.95 Å². The van der Waals surface area contributed by atoms with Crippen LogP contribution < -0.4 is 4.74 Å². The summed E-state index contributed by atoms with van der Waals surface area (Å²) in [4.78, 5) is 15.1. The molecular formula is C11H14FNO3. The van der Waals surface area contributed by atoms with E-state index in [0.717, 1.165) is 0 Å². The predicted octanol–water partition coefficient (Wildman–Crippen LogP) is 2.18. The molecule has 1 aromatic heterocycles. The molecule has 0 unspecified atom stereocenters. The minimum absolute atomic E-state index is 0.113. The Balaban J connectivity index is 3.08. The second-order valence-electron chi connectivity index (χ2n) is 4.18. The van der Waals surface area contributed by atoms with Crippen LogP contribution in [0.3, 0.4) is 0 Å². The van der Waals surface area contributed by atoms with Gasteiger partial charge in [-0.15, -0.1) is 0 Å². The Kier molecular flexibility index (Phi) is 3.47.